The number of carbonyl (C=O) groups is 2. The highest BCUT2D eigenvalue weighted by Crippen LogP contribution is 2.40. The van der Waals surface area contributed by atoms with Crippen LogP contribution in [0.15, 0.2) is 24.3 Å². The number of hydrogen-bond acceptors (Lipinski definition) is 5. The molecular weight excluding hydrogens is 366 g/mol. The number of primary amides is 1. The zero-order valence-corrected chi connectivity index (χ0v) is 15.8. The highest BCUT2D eigenvalue weighted by Gasteiger charge is 2.28. The lowest BCUT2D eigenvalue weighted by atomic mass is 9.85. The number of nitro benzene ring substituents is 1. The van der Waals surface area contributed by atoms with Gasteiger partial charge in [-0.1, -0.05) is 25.5 Å². The first-order valence-electron chi connectivity index (χ1n) is 8.86. The van der Waals surface area contributed by atoms with Gasteiger partial charge in [-0.05, 0) is 36.3 Å². The van der Waals surface area contributed by atoms with Crippen molar-refractivity contribution in [2.75, 3.05) is 5.32 Å². The molecule has 0 saturated carbocycles. The molecule has 1 aliphatic carbocycles. The number of fused-ring (bicyclic) bond motifs is 1. The van der Waals surface area contributed by atoms with Gasteiger partial charge in [0.25, 0.3) is 11.6 Å². The van der Waals surface area contributed by atoms with Gasteiger partial charge in [0, 0.05) is 17.0 Å². The highest BCUT2D eigenvalue weighted by molar-refractivity contribution is 7.17. The number of non-ortho nitro benzene ring substituents is 1. The van der Waals surface area contributed by atoms with Crippen molar-refractivity contribution in [3.8, 4) is 0 Å². The first-order chi connectivity index (χ1) is 12.9. The summed E-state index contributed by atoms with van der Waals surface area (Å²) in [6, 6.07) is 5.84. The number of anilines is 1. The maximum atomic E-state index is 12.4. The molecule has 0 spiro atoms. The normalized spacial score (nSPS) is 15.8. The minimum Gasteiger partial charge on any atom is -0.365 e. The molecule has 2 aromatic rings. The number of hydrogen-bond donors (Lipinski definition) is 2. The first kappa shape index (κ1) is 19.0. The lowest BCUT2D eigenvalue weighted by molar-refractivity contribution is -0.384. The summed E-state index contributed by atoms with van der Waals surface area (Å²) in [5.74, 6) is -0.203. The maximum Gasteiger partial charge on any atom is 0.269 e. The molecule has 1 aromatic carbocycles. The number of nitro groups is 1. The van der Waals surface area contributed by atoms with Crippen LogP contribution in [0, 0.1) is 16.0 Å². The predicted octanol–water partition coefficient (Wildman–Crippen LogP) is 3.45. The molecule has 0 bridgehead atoms. The summed E-state index contributed by atoms with van der Waals surface area (Å²) in [4.78, 5) is 35.7. The van der Waals surface area contributed by atoms with E-state index in [-0.39, 0.29) is 18.0 Å². The molecule has 8 heteroatoms. The number of benzene rings is 1. The number of thiophene rings is 1. The third-order valence-corrected chi connectivity index (χ3v) is 6.13. The summed E-state index contributed by atoms with van der Waals surface area (Å²) in [7, 11) is 0. The van der Waals surface area contributed by atoms with Crippen molar-refractivity contribution >= 4 is 33.8 Å². The molecule has 3 N–H and O–H groups in total. The molecular formula is C19H21N3O4S. The Labute approximate surface area is 160 Å². The third kappa shape index (κ3) is 4.16. The first-order valence-corrected chi connectivity index (χ1v) is 9.68. The van der Waals surface area contributed by atoms with Crippen LogP contribution in [0.3, 0.4) is 0 Å². The van der Waals surface area contributed by atoms with E-state index in [2.05, 4.69) is 12.2 Å². The number of nitrogens with two attached hydrogens (primary N) is 1. The van der Waals surface area contributed by atoms with E-state index < -0.39 is 10.8 Å². The molecule has 1 heterocycles. The van der Waals surface area contributed by atoms with Gasteiger partial charge < -0.3 is 11.1 Å². The molecule has 3 rings (SSSR count). The van der Waals surface area contributed by atoms with Gasteiger partial charge in [0.1, 0.15) is 5.00 Å². The largest absolute Gasteiger partial charge is 0.365 e. The lowest BCUT2D eigenvalue weighted by Gasteiger charge is -2.20. The summed E-state index contributed by atoms with van der Waals surface area (Å²) >= 11 is 1.43. The molecule has 0 radical (unpaired) electrons. The van der Waals surface area contributed by atoms with E-state index in [1.165, 1.54) is 23.5 Å². The summed E-state index contributed by atoms with van der Waals surface area (Å²) in [6.07, 6.45) is 3.90. The molecule has 1 atom stereocenters. The monoisotopic (exact) mass is 387 g/mol. The van der Waals surface area contributed by atoms with E-state index in [1.54, 1.807) is 12.1 Å². The molecule has 0 aliphatic heterocycles. The van der Waals surface area contributed by atoms with Crippen molar-refractivity contribution in [3.63, 3.8) is 0 Å². The minimum absolute atomic E-state index is 0.0217. The molecule has 0 saturated heterocycles. The van der Waals surface area contributed by atoms with Gasteiger partial charge in [-0.2, -0.15) is 0 Å². The van der Waals surface area contributed by atoms with Gasteiger partial charge in [-0.25, -0.2) is 0 Å². The van der Waals surface area contributed by atoms with E-state index in [1.807, 2.05) is 0 Å². The zero-order chi connectivity index (χ0) is 19.6. The summed E-state index contributed by atoms with van der Waals surface area (Å²) in [6.45, 7) is 2.16. The average molecular weight is 387 g/mol. The average Bonchev–Trinajstić information content (AvgIpc) is 2.98. The van der Waals surface area contributed by atoms with Crippen LogP contribution < -0.4 is 11.1 Å². The molecule has 1 unspecified atom stereocenters. The fraction of sp³-hybridized carbons (Fsp3) is 0.368. The number of carbonyl (C=O) groups excluding carboxylic acids is 2. The molecule has 1 aliphatic rings. The fourth-order valence-electron chi connectivity index (χ4n) is 3.44. The van der Waals surface area contributed by atoms with Gasteiger partial charge in [0.15, 0.2) is 0 Å². The second-order valence-corrected chi connectivity index (χ2v) is 7.84. The van der Waals surface area contributed by atoms with E-state index in [0.29, 0.717) is 22.0 Å². The van der Waals surface area contributed by atoms with E-state index in [0.717, 1.165) is 36.1 Å². The quantitative estimate of drug-likeness (QED) is 0.583. The number of nitrogens with one attached hydrogen (secondary N) is 1. The van der Waals surface area contributed by atoms with Crippen molar-refractivity contribution in [1.29, 1.82) is 0 Å². The van der Waals surface area contributed by atoms with Crippen LogP contribution in [0.2, 0.25) is 0 Å². The Balaban J connectivity index is 1.76. The van der Waals surface area contributed by atoms with Gasteiger partial charge >= 0.3 is 0 Å². The van der Waals surface area contributed by atoms with E-state index in [9.17, 15) is 19.7 Å². The summed E-state index contributed by atoms with van der Waals surface area (Å²) in [5, 5.41) is 14.0. The van der Waals surface area contributed by atoms with Gasteiger partial charge in [0.05, 0.1) is 16.9 Å². The van der Waals surface area contributed by atoms with Crippen molar-refractivity contribution in [1.82, 2.24) is 0 Å². The summed E-state index contributed by atoms with van der Waals surface area (Å²) in [5.41, 5.74) is 7.62. The van der Waals surface area contributed by atoms with Crippen molar-refractivity contribution < 1.29 is 14.5 Å². The predicted molar refractivity (Wildman–Crippen MR) is 104 cm³/mol. The summed E-state index contributed by atoms with van der Waals surface area (Å²) < 4.78 is 0. The van der Waals surface area contributed by atoms with E-state index >= 15 is 0 Å². The smallest absolute Gasteiger partial charge is 0.269 e. The van der Waals surface area contributed by atoms with Crippen molar-refractivity contribution in [3.05, 3.63) is 55.9 Å². The van der Waals surface area contributed by atoms with Crippen LogP contribution in [0.5, 0.6) is 0 Å². The Morgan fingerprint density at radius 3 is 2.63 bits per heavy atom. The molecule has 1 aromatic heterocycles. The number of nitrogens with zero attached hydrogens (tertiary/aromatic N) is 1. The van der Waals surface area contributed by atoms with Crippen LogP contribution in [0.4, 0.5) is 10.7 Å². The Morgan fingerprint density at radius 1 is 1.33 bits per heavy atom. The highest BCUT2D eigenvalue weighted by atomic mass is 32.1. The Bertz CT molecular complexity index is 889. The fourth-order valence-corrected chi connectivity index (χ4v) is 4.83. The van der Waals surface area contributed by atoms with E-state index in [4.69, 9.17) is 5.73 Å². The lowest BCUT2D eigenvalue weighted by Crippen LogP contribution is -2.20. The van der Waals surface area contributed by atoms with Gasteiger partial charge in [0.2, 0.25) is 5.91 Å². The minimum atomic E-state index is -0.520. The van der Waals surface area contributed by atoms with Crippen molar-refractivity contribution in [2.24, 2.45) is 11.7 Å². The Kier molecular flexibility index (Phi) is 5.55. The number of amides is 2. The molecule has 142 valence electrons. The molecule has 27 heavy (non-hydrogen) atoms. The molecule has 2 amide bonds. The Morgan fingerprint density at radius 2 is 2.04 bits per heavy atom. The zero-order valence-electron chi connectivity index (χ0n) is 15.0. The topological polar surface area (TPSA) is 115 Å². The van der Waals surface area contributed by atoms with Crippen LogP contribution in [-0.4, -0.2) is 16.7 Å². The number of rotatable bonds is 6. The van der Waals surface area contributed by atoms with Crippen LogP contribution in [0.25, 0.3) is 0 Å². The van der Waals surface area contributed by atoms with Gasteiger partial charge in [-0.15, -0.1) is 11.3 Å². The van der Waals surface area contributed by atoms with Crippen LogP contribution in [0.1, 0.15) is 46.1 Å². The molecule has 0 fully saturated rings. The Hall–Kier alpha value is -2.74. The SMILES string of the molecule is CCC1CCc2c(sc(NC(=O)Cc3ccc([N+](=O)[O-])cc3)c2C(N)=O)C1. The standard InChI is InChI=1S/C19H21N3O4S/c1-2-11-5-8-14-15(9-11)27-19(17(14)18(20)24)21-16(23)10-12-3-6-13(7-4-12)22(25)26/h3-4,6-7,11H,2,5,8-10H2,1H3,(H2,20,24)(H,21,23). The second kappa shape index (κ2) is 7.87. The van der Waals surface area contributed by atoms with Crippen LogP contribution in [-0.2, 0) is 24.1 Å². The van der Waals surface area contributed by atoms with Crippen LogP contribution >= 0.6 is 11.3 Å². The van der Waals surface area contributed by atoms with Gasteiger partial charge in [-0.3, -0.25) is 19.7 Å². The second-order valence-electron chi connectivity index (χ2n) is 6.74. The van der Waals surface area contributed by atoms with Crippen molar-refractivity contribution in [2.45, 2.75) is 39.0 Å². The molecule has 7 nitrogen and oxygen atoms in total. The maximum absolute atomic E-state index is 12.4. The third-order valence-electron chi connectivity index (χ3n) is 4.96.